The lowest BCUT2D eigenvalue weighted by molar-refractivity contribution is -0.290. The van der Waals surface area contributed by atoms with E-state index in [0.717, 1.165) is 32.1 Å². The minimum atomic E-state index is -1.58. The minimum absolute atomic E-state index is 0.188. The van der Waals surface area contributed by atoms with E-state index < -0.39 is 43.3 Å². The predicted molar refractivity (Wildman–Crippen MR) is 119 cm³/mol. The molecule has 0 bridgehead atoms. The van der Waals surface area contributed by atoms with E-state index in [1.54, 1.807) is 0 Å². The SMILES string of the molecule is CCCCCCCCC=CCCCCCCCC(=O)O[C@@H]1[C@@H](O)[C@H](O)[C@@H](CO)O[C@@H]1O. The number of hydrogen-bond donors (Lipinski definition) is 4. The van der Waals surface area contributed by atoms with Crippen molar-refractivity contribution in [3.05, 3.63) is 12.2 Å². The minimum Gasteiger partial charge on any atom is -0.454 e. The molecule has 0 aromatic heterocycles. The van der Waals surface area contributed by atoms with Crippen molar-refractivity contribution in [3.8, 4) is 0 Å². The van der Waals surface area contributed by atoms with Crippen LogP contribution in [0.4, 0.5) is 0 Å². The molecule has 1 rings (SSSR count). The average Bonchev–Trinajstić information content (AvgIpc) is 2.76. The van der Waals surface area contributed by atoms with Gasteiger partial charge in [0.2, 0.25) is 0 Å². The summed E-state index contributed by atoms with van der Waals surface area (Å²) in [5.41, 5.74) is 0. The molecule has 0 aliphatic carbocycles. The molecule has 1 saturated heterocycles. The molecule has 4 N–H and O–H groups in total. The Morgan fingerprint density at radius 1 is 0.839 bits per heavy atom. The summed E-state index contributed by atoms with van der Waals surface area (Å²) in [5, 5.41) is 38.7. The van der Waals surface area contributed by atoms with Gasteiger partial charge in [-0.1, -0.05) is 70.4 Å². The van der Waals surface area contributed by atoms with Crippen molar-refractivity contribution in [1.82, 2.24) is 0 Å². The number of rotatable bonds is 17. The highest BCUT2D eigenvalue weighted by atomic mass is 16.7. The third-order valence-corrected chi connectivity index (χ3v) is 5.75. The van der Waals surface area contributed by atoms with Gasteiger partial charge in [0.1, 0.15) is 18.3 Å². The standard InChI is InChI=1S/C24H44O7/c1-2-3-4-5-6-7-8-9-10-11-12-13-14-15-16-17-20(26)31-23-22(28)21(27)19(18-25)30-24(23)29/h9-10,19,21-25,27-29H,2-8,11-18H2,1H3/t19-,21-,22+,23-,24+/m1/s1. The number of hydrogen-bond acceptors (Lipinski definition) is 7. The van der Waals surface area contributed by atoms with Crippen LogP contribution in [0.15, 0.2) is 12.2 Å². The van der Waals surface area contributed by atoms with Crippen LogP contribution < -0.4 is 0 Å². The van der Waals surface area contributed by atoms with E-state index in [1.165, 1.54) is 44.9 Å². The van der Waals surface area contributed by atoms with Crippen LogP contribution in [-0.4, -0.2) is 63.7 Å². The van der Waals surface area contributed by atoms with E-state index in [0.29, 0.717) is 6.42 Å². The highest BCUT2D eigenvalue weighted by Crippen LogP contribution is 2.23. The van der Waals surface area contributed by atoms with Gasteiger partial charge in [-0.25, -0.2) is 0 Å². The summed E-state index contributed by atoms with van der Waals surface area (Å²) in [6.45, 7) is 1.69. The first kappa shape index (κ1) is 28.0. The van der Waals surface area contributed by atoms with Gasteiger partial charge in [0, 0.05) is 6.42 Å². The van der Waals surface area contributed by atoms with Gasteiger partial charge in [-0.15, -0.1) is 0 Å². The molecule has 0 spiro atoms. The molecule has 0 aromatic rings. The van der Waals surface area contributed by atoms with Crippen molar-refractivity contribution in [2.45, 2.75) is 128 Å². The molecule has 0 radical (unpaired) electrons. The molecule has 1 fully saturated rings. The Hall–Kier alpha value is -0.990. The number of ether oxygens (including phenoxy) is 2. The average molecular weight is 445 g/mol. The summed E-state index contributed by atoms with van der Waals surface area (Å²) in [6.07, 6.45) is 13.0. The smallest absolute Gasteiger partial charge is 0.306 e. The van der Waals surface area contributed by atoms with Crippen molar-refractivity contribution in [1.29, 1.82) is 0 Å². The molecule has 182 valence electrons. The number of unbranched alkanes of at least 4 members (excludes halogenated alkanes) is 11. The molecule has 0 aromatic carbocycles. The lowest BCUT2D eigenvalue weighted by Crippen LogP contribution is -2.59. The second kappa shape index (κ2) is 17.6. The maximum absolute atomic E-state index is 12.0. The van der Waals surface area contributed by atoms with Gasteiger partial charge in [-0.2, -0.15) is 0 Å². The summed E-state index contributed by atoms with van der Waals surface area (Å²) in [6, 6.07) is 0. The van der Waals surface area contributed by atoms with E-state index in [1.807, 2.05) is 0 Å². The van der Waals surface area contributed by atoms with Gasteiger partial charge in [0.25, 0.3) is 0 Å². The molecule has 1 aliphatic heterocycles. The number of carbonyl (C=O) groups is 1. The largest absolute Gasteiger partial charge is 0.454 e. The van der Waals surface area contributed by atoms with Crippen LogP contribution in [0.1, 0.15) is 96.8 Å². The van der Waals surface area contributed by atoms with E-state index in [2.05, 4.69) is 19.1 Å². The van der Waals surface area contributed by atoms with Gasteiger partial charge < -0.3 is 29.9 Å². The third-order valence-electron chi connectivity index (χ3n) is 5.75. The Labute approximate surface area is 187 Å². The van der Waals surface area contributed by atoms with Crippen LogP contribution >= 0.6 is 0 Å². The summed E-state index contributed by atoms with van der Waals surface area (Å²) in [5.74, 6) is -0.543. The Morgan fingerprint density at radius 2 is 1.39 bits per heavy atom. The van der Waals surface area contributed by atoms with E-state index >= 15 is 0 Å². The molecule has 31 heavy (non-hydrogen) atoms. The van der Waals surface area contributed by atoms with Crippen LogP contribution in [-0.2, 0) is 14.3 Å². The van der Waals surface area contributed by atoms with Gasteiger partial charge in [-0.3, -0.25) is 4.79 Å². The van der Waals surface area contributed by atoms with Crippen LogP contribution in [0.25, 0.3) is 0 Å². The fourth-order valence-corrected chi connectivity index (χ4v) is 3.75. The zero-order valence-electron chi connectivity index (χ0n) is 19.2. The van der Waals surface area contributed by atoms with E-state index in [-0.39, 0.29) is 6.42 Å². The first-order valence-corrected chi connectivity index (χ1v) is 12.2. The molecular formula is C24H44O7. The first-order valence-electron chi connectivity index (χ1n) is 12.2. The van der Waals surface area contributed by atoms with E-state index in [4.69, 9.17) is 14.6 Å². The summed E-state index contributed by atoms with van der Waals surface area (Å²) < 4.78 is 10.1. The summed E-state index contributed by atoms with van der Waals surface area (Å²) in [4.78, 5) is 12.0. The van der Waals surface area contributed by atoms with Crippen LogP contribution in [0.3, 0.4) is 0 Å². The van der Waals surface area contributed by atoms with Gasteiger partial charge in [0.05, 0.1) is 6.61 Å². The molecule has 1 heterocycles. The fourth-order valence-electron chi connectivity index (χ4n) is 3.75. The lowest BCUT2D eigenvalue weighted by Gasteiger charge is -2.39. The Morgan fingerprint density at radius 3 is 1.97 bits per heavy atom. The highest BCUT2D eigenvalue weighted by molar-refractivity contribution is 5.69. The Balaban J connectivity index is 1.99. The number of allylic oxidation sites excluding steroid dienone is 2. The van der Waals surface area contributed by atoms with Crippen LogP contribution in [0, 0.1) is 0 Å². The number of aliphatic hydroxyl groups is 4. The molecule has 7 heteroatoms. The van der Waals surface area contributed by atoms with Gasteiger partial charge in [-0.05, 0) is 32.1 Å². The first-order chi connectivity index (χ1) is 15.0. The molecule has 0 amide bonds. The van der Waals surface area contributed by atoms with Crippen molar-refractivity contribution in [3.63, 3.8) is 0 Å². The third kappa shape index (κ3) is 12.0. The topological polar surface area (TPSA) is 116 Å². The van der Waals surface area contributed by atoms with E-state index in [9.17, 15) is 20.1 Å². The monoisotopic (exact) mass is 444 g/mol. The van der Waals surface area contributed by atoms with Gasteiger partial charge >= 0.3 is 5.97 Å². The maximum Gasteiger partial charge on any atom is 0.306 e. The van der Waals surface area contributed by atoms with Crippen molar-refractivity contribution in [2.75, 3.05) is 6.61 Å². The van der Waals surface area contributed by atoms with Crippen molar-refractivity contribution < 1.29 is 34.7 Å². The second-order valence-corrected chi connectivity index (χ2v) is 8.52. The molecule has 0 unspecified atom stereocenters. The Bertz CT molecular complexity index is 483. The number of aliphatic hydroxyl groups excluding tert-OH is 4. The number of carbonyl (C=O) groups excluding carboxylic acids is 1. The maximum atomic E-state index is 12.0. The zero-order valence-corrected chi connectivity index (χ0v) is 19.2. The van der Waals surface area contributed by atoms with Crippen LogP contribution in [0.5, 0.6) is 0 Å². The lowest BCUT2D eigenvalue weighted by atomic mass is 9.99. The summed E-state index contributed by atoms with van der Waals surface area (Å²) >= 11 is 0. The van der Waals surface area contributed by atoms with Crippen molar-refractivity contribution >= 4 is 5.97 Å². The number of esters is 1. The fraction of sp³-hybridized carbons (Fsp3) is 0.875. The molecule has 1 aliphatic rings. The van der Waals surface area contributed by atoms with Crippen molar-refractivity contribution in [2.24, 2.45) is 0 Å². The molecule has 5 atom stereocenters. The second-order valence-electron chi connectivity index (χ2n) is 8.52. The Kier molecular flexibility index (Phi) is 15.9. The quantitative estimate of drug-likeness (QED) is 0.154. The molecular weight excluding hydrogens is 400 g/mol. The molecule has 7 nitrogen and oxygen atoms in total. The summed E-state index contributed by atoms with van der Waals surface area (Å²) in [7, 11) is 0. The molecule has 0 saturated carbocycles. The normalized spacial score (nSPS) is 26.4. The highest BCUT2D eigenvalue weighted by Gasteiger charge is 2.45. The van der Waals surface area contributed by atoms with Gasteiger partial charge in [0.15, 0.2) is 12.4 Å². The van der Waals surface area contributed by atoms with Crippen LogP contribution in [0.2, 0.25) is 0 Å². The predicted octanol–water partition coefficient (Wildman–Crippen LogP) is 3.37. The zero-order chi connectivity index (χ0) is 22.9.